The SMILES string of the molecule is O=S1(=O)NCc2nc(Cl)c3c(Cl)c[nH]c3c2N1. The molecule has 6 nitrogen and oxygen atoms in total. The van der Waals surface area contributed by atoms with Gasteiger partial charge in [-0.25, -0.2) is 4.98 Å². The molecule has 2 aromatic rings. The highest BCUT2D eigenvalue weighted by Crippen LogP contribution is 2.36. The van der Waals surface area contributed by atoms with Crippen molar-refractivity contribution in [3.05, 3.63) is 22.1 Å². The molecule has 3 heterocycles. The van der Waals surface area contributed by atoms with Gasteiger partial charge in [-0.2, -0.15) is 13.1 Å². The molecule has 90 valence electrons. The van der Waals surface area contributed by atoms with Gasteiger partial charge >= 0.3 is 0 Å². The summed E-state index contributed by atoms with van der Waals surface area (Å²) in [6.07, 6.45) is 1.54. The second-order valence-electron chi connectivity index (χ2n) is 3.54. The van der Waals surface area contributed by atoms with Crippen molar-refractivity contribution in [1.29, 1.82) is 0 Å². The minimum Gasteiger partial charge on any atom is -0.358 e. The number of fused-ring (bicyclic) bond motifs is 3. The number of rotatable bonds is 0. The molecule has 0 aromatic carbocycles. The topological polar surface area (TPSA) is 86.9 Å². The van der Waals surface area contributed by atoms with Crippen molar-refractivity contribution >= 4 is 50.0 Å². The Bertz CT molecular complexity index is 725. The van der Waals surface area contributed by atoms with Gasteiger partial charge in [0.2, 0.25) is 0 Å². The van der Waals surface area contributed by atoms with E-state index in [1.54, 1.807) is 0 Å². The Labute approximate surface area is 107 Å². The summed E-state index contributed by atoms with van der Waals surface area (Å²) in [7, 11) is -3.54. The highest BCUT2D eigenvalue weighted by molar-refractivity contribution is 7.90. The third kappa shape index (κ3) is 1.66. The summed E-state index contributed by atoms with van der Waals surface area (Å²) in [4.78, 5) is 7.00. The monoisotopic (exact) mass is 292 g/mol. The fraction of sp³-hybridized carbons (Fsp3) is 0.125. The Kier molecular flexibility index (Phi) is 2.27. The fourth-order valence-corrected chi connectivity index (χ4v) is 3.22. The van der Waals surface area contributed by atoms with Crippen LogP contribution < -0.4 is 9.44 Å². The van der Waals surface area contributed by atoms with Crippen LogP contribution in [0.1, 0.15) is 5.69 Å². The number of pyridine rings is 1. The predicted molar refractivity (Wildman–Crippen MR) is 65.5 cm³/mol. The number of halogens is 2. The maximum atomic E-state index is 11.4. The van der Waals surface area contributed by atoms with Gasteiger partial charge in [0, 0.05) is 6.20 Å². The first kappa shape index (κ1) is 11.1. The fourth-order valence-electron chi connectivity index (χ4n) is 1.74. The molecule has 0 fully saturated rings. The number of nitrogens with zero attached hydrogens (tertiary/aromatic N) is 1. The third-order valence-corrected chi connectivity index (χ3v) is 4.04. The van der Waals surface area contributed by atoms with E-state index in [0.717, 1.165) is 0 Å². The van der Waals surface area contributed by atoms with Crippen LogP contribution in [0.4, 0.5) is 5.69 Å². The molecule has 0 amide bonds. The molecule has 17 heavy (non-hydrogen) atoms. The molecular weight excluding hydrogens is 287 g/mol. The van der Waals surface area contributed by atoms with Crippen LogP contribution >= 0.6 is 23.2 Å². The summed E-state index contributed by atoms with van der Waals surface area (Å²) >= 11 is 11.9. The van der Waals surface area contributed by atoms with Gasteiger partial charge in [-0.15, -0.1) is 0 Å². The zero-order valence-electron chi connectivity index (χ0n) is 8.21. The van der Waals surface area contributed by atoms with Crippen LogP contribution in [0.25, 0.3) is 10.9 Å². The van der Waals surface area contributed by atoms with E-state index in [4.69, 9.17) is 23.2 Å². The van der Waals surface area contributed by atoms with E-state index >= 15 is 0 Å². The molecule has 3 N–H and O–H groups in total. The van der Waals surface area contributed by atoms with E-state index in [9.17, 15) is 8.42 Å². The summed E-state index contributed by atoms with van der Waals surface area (Å²) in [6.45, 7) is 0.0942. The predicted octanol–water partition coefficient (Wildman–Crippen LogP) is 1.63. The van der Waals surface area contributed by atoms with E-state index in [1.807, 2.05) is 0 Å². The van der Waals surface area contributed by atoms with Crippen molar-refractivity contribution in [3.63, 3.8) is 0 Å². The Balaban J connectivity index is 2.38. The Morgan fingerprint density at radius 1 is 1.35 bits per heavy atom. The lowest BCUT2D eigenvalue weighted by atomic mass is 10.2. The number of anilines is 1. The molecule has 0 aliphatic carbocycles. The maximum absolute atomic E-state index is 11.4. The van der Waals surface area contributed by atoms with E-state index in [-0.39, 0.29) is 11.7 Å². The zero-order chi connectivity index (χ0) is 12.2. The van der Waals surface area contributed by atoms with Crippen molar-refractivity contribution in [2.75, 3.05) is 4.72 Å². The van der Waals surface area contributed by atoms with E-state index in [1.165, 1.54) is 6.20 Å². The van der Waals surface area contributed by atoms with Crippen LogP contribution in [0.2, 0.25) is 10.2 Å². The van der Waals surface area contributed by atoms with Crippen LogP contribution in [0, 0.1) is 0 Å². The molecule has 2 aromatic heterocycles. The lowest BCUT2D eigenvalue weighted by Crippen LogP contribution is -2.35. The number of H-pyrrole nitrogens is 1. The molecule has 0 saturated carbocycles. The summed E-state index contributed by atoms with van der Waals surface area (Å²) in [5.41, 5.74) is 1.45. The summed E-state index contributed by atoms with van der Waals surface area (Å²) < 4.78 is 27.5. The molecule has 9 heteroatoms. The van der Waals surface area contributed by atoms with Gasteiger partial charge in [-0.05, 0) is 0 Å². The molecule has 0 atom stereocenters. The summed E-state index contributed by atoms with van der Waals surface area (Å²) in [5, 5.41) is 1.16. The number of hydrogen-bond donors (Lipinski definition) is 3. The average Bonchev–Trinajstić information content (AvgIpc) is 2.62. The normalized spacial score (nSPS) is 17.8. The van der Waals surface area contributed by atoms with E-state index < -0.39 is 10.2 Å². The molecule has 1 aliphatic heterocycles. The minimum atomic E-state index is -3.54. The zero-order valence-corrected chi connectivity index (χ0v) is 10.5. The Morgan fingerprint density at radius 2 is 2.12 bits per heavy atom. The van der Waals surface area contributed by atoms with Gasteiger partial charge in [0.25, 0.3) is 10.2 Å². The summed E-state index contributed by atoms with van der Waals surface area (Å²) in [5.74, 6) is 0. The first-order chi connectivity index (χ1) is 7.98. The molecule has 0 radical (unpaired) electrons. The van der Waals surface area contributed by atoms with Gasteiger partial charge in [0.1, 0.15) is 5.15 Å². The number of hydrogen-bond acceptors (Lipinski definition) is 3. The van der Waals surface area contributed by atoms with Crippen LogP contribution in [0.5, 0.6) is 0 Å². The number of aromatic amines is 1. The lowest BCUT2D eigenvalue weighted by molar-refractivity contribution is 0.583. The van der Waals surface area contributed by atoms with Crippen molar-refractivity contribution < 1.29 is 8.42 Å². The number of aromatic nitrogens is 2. The minimum absolute atomic E-state index is 0.0942. The smallest absolute Gasteiger partial charge is 0.299 e. The number of nitrogens with one attached hydrogen (secondary N) is 3. The lowest BCUT2D eigenvalue weighted by Gasteiger charge is -2.19. The maximum Gasteiger partial charge on any atom is 0.299 e. The first-order valence-electron chi connectivity index (χ1n) is 4.60. The highest BCUT2D eigenvalue weighted by atomic mass is 35.5. The molecule has 0 spiro atoms. The van der Waals surface area contributed by atoms with Crippen LogP contribution in [0.15, 0.2) is 6.20 Å². The van der Waals surface area contributed by atoms with Gasteiger partial charge in [0.05, 0.1) is 33.9 Å². The standard InChI is InChI=1S/C8H6Cl2N4O2S/c9-3-1-11-7-5(3)8(10)13-4-2-12-17(15,16)14-6(4)7/h1,11-12,14H,2H2. The summed E-state index contributed by atoms with van der Waals surface area (Å²) in [6, 6.07) is 0. The average molecular weight is 293 g/mol. The second kappa shape index (κ2) is 3.49. The Hall–Kier alpha value is -1.02. The van der Waals surface area contributed by atoms with Crippen molar-refractivity contribution in [1.82, 2.24) is 14.7 Å². The van der Waals surface area contributed by atoms with Crippen LogP contribution in [-0.4, -0.2) is 18.4 Å². The largest absolute Gasteiger partial charge is 0.358 e. The molecule has 0 unspecified atom stereocenters. The van der Waals surface area contributed by atoms with Crippen molar-refractivity contribution in [2.24, 2.45) is 0 Å². The Morgan fingerprint density at radius 3 is 2.88 bits per heavy atom. The van der Waals surface area contributed by atoms with Crippen molar-refractivity contribution in [2.45, 2.75) is 6.54 Å². The van der Waals surface area contributed by atoms with Crippen LogP contribution in [0.3, 0.4) is 0 Å². The van der Waals surface area contributed by atoms with Gasteiger partial charge in [-0.1, -0.05) is 23.2 Å². The van der Waals surface area contributed by atoms with Gasteiger partial charge < -0.3 is 4.98 Å². The molecule has 0 saturated heterocycles. The van der Waals surface area contributed by atoms with Gasteiger partial charge in [-0.3, -0.25) is 4.72 Å². The van der Waals surface area contributed by atoms with E-state index in [0.29, 0.717) is 27.3 Å². The van der Waals surface area contributed by atoms with Gasteiger partial charge in [0.15, 0.2) is 0 Å². The quantitative estimate of drug-likeness (QED) is 0.645. The van der Waals surface area contributed by atoms with Crippen molar-refractivity contribution in [3.8, 4) is 0 Å². The highest BCUT2D eigenvalue weighted by Gasteiger charge is 2.25. The molecule has 0 bridgehead atoms. The van der Waals surface area contributed by atoms with Crippen LogP contribution in [-0.2, 0) is 16.8 Å². The van der Waals surface area contributed by atoms with E-state index in [2.05, 4.69) is 19.4 Å². The second-order valence-corrected chi connectivity index (χ2v) is 5.80. The molecular formula is C8H6Cl2N4O2S. The third-order valence-electron chi connectivity index (χ3n) is 2.48. The molecule has 1 aliphatic rings. The molecule has 3 rings (SSSR count). The first-order valence-corrected chi connectivity index (χ1v) is 6.84.